The van der Waals surface area contributed by atoms with Gasteiger partial charge in [-0.05, 0) is 63.9 Å². The van der Waals surface area contributed by atoms with Gasteiger partial charge in [0, 0.05) is 18.8 Å². The molecule has 0 atom stereocenters. The minimum atomic E-state index is -1.04. The summed E-state index contributed by atoms with van der Waals surface area (Å²) in [6.45, 7) is 4.53. The van der Waals surface area contributed by atoms with Gasteiger partial charge < -0.3 is 20.1 Å². The lowest BCUT2D eigenvalue weighted by Crippen LogP contribution is -2.45. The molecule has 30 heavy (non-hydrogen) atoms. The average Bonchev–Trinajstić information content (AvgIpc) is 2.68. The molecule has 0 aliphatic rings. The van der Waals surface area contributed by atoms with Crippen molar-refractivity contribution in [3.63, 3.8) is 0 Å². The second kappa shape index (κ2) is 17.9. The highest BCUT2D eigenvalue weighted by molar-refractivity contribution is 5.66. The fourth-order valence-electron chi connectivity index (χ4n) is 3.65. The molecular weight excluding hydrogens is 386 g/mol. The van der Waals surface area contributed by atoms with E-state index in [0.717, 1.165) is 51.7 Å². The van der Waals surface area contributed by atoms with Gasteiger partial charge in [0.2, 0.25) is 0 Å². The van der Waals surface area contributed by atoms with Crippen LogP contribution in [0.25, 0.3) is 0 Å². The van der Waals surface area contributed by atoms with Gasteiger partial charge in [-0.15, -0.1) is 0 Å². The highest BCUT2D eigenvalue weighted by Crippen LogP contribution is 2.18. The number of unbranched alkanes of at least 4 members (excludes halogenated alkanes) is 7. The van der Waals surface area contributed by atoms with E-state index < -0.39 is 17.9 Å². The maximum atomic E-state index is 10.8. The van der Waals surface area contributed by atoms with Crippen molar-refractivity contribution in [2.45, 2.75) is 96.8 Å². The van der Waals surface area contributed by atoms with Crippen LogP contribution >= 0.6 is 0 Å². The molecule has 0 aliphatic heterocycles. The quantitative estimate of drug-likeness (QED) is 0.213. The summed E-state index contributed by atoms with van der Waals surface area (Å²) in [7, 11) is 0. The molecule has 0 radical (unpaired) electrons. The van der Waals surface area contributed by atoms with Crippen LogP contribution in [0.3, 0.4) is 0 Å². The number of carbonyl (C=O) groups excluding carboxylic acids is 1. The lowest BCUT2D eigenvalue weighted by atomic mass is 10.1. The Hall–Kier alpha value is -1.89. The zero-order valence-corrected chi connectivity index (χ0v) is 18.7. The van der Waals surface area contributed by atoms with Crippen molar-refractivity contribution >= 4 is 17.9 Å². The number of allylic oxidation sites excluding steroid dienone is 1. The van der Waals surface area contributed by atoms with E-state index in [2.05, 4.69) is 19.2 Å². The molecule has 0 rings (SSSR count). The van der Waals surface area contributed by atoms with E-state index in [0.29, 0.717) is 23.7 Å². The van der Waals surface area contributed by atoms with Gasteiger partial charge in [0.1, 0.15) is 0 Å². The summed E-state index contributed by atoms with van der Waals surface area (Å²) < 4.78 is 0.667. The zero-order chi connectivity index (χ0) is 22.7. The average molecular weight is 428 g/mol. The molecule has 7 heteroatoms. The molecule has 0 amide bonds. The number of hydrogen-bond donors (Lipinski definition) is 2. The molecule has 0 spiro atoms. The number of hydrogen-bond acceptors (Lipinski definition) is 4. The highest BCUT2D eigenvalue weighted by Gasteiger charge is 2.24. The molecule has 7 nitrogen and oxygen atoms in total. The Morgan fingerprint density at radius 2 is 1.23 bits per heavy atom. The predicted molar refractivity (Wildman–Crippen MR) is 115 cm³/mol. The Balaban J connectivity index is 5.02. The topological polar surface area (TPSA) is 115 Å². The summed E-state index contributed by atoms with van der Waals surface area (Å²) in [5.41, 5.74) is 0. The summed E-state index contributed by atoms with van der Waals surface area (Å²) in [4.78, 5) is 32.4. The molecule has 0 fully saturated rings. The molecule has 0 bridgehead atoms. The van der Waals surface area contributed by atoms with Gasteiger partial charge in [-0.25, -0.2) is 0 Å². The molecule has 0 heterocycles. The molecule has 0 saturated heterocycles. The Kier molecular flexibility index (Phi) is 16.8. The van der Waals surface area contributed by atoms with Crippen molar-refractivity contribution in [2.75, 3.05) is 19.6 Å². The van der Waals surface area contributed by atoms with Gasteiger partial charge in [0.25, 0.3) is 0 Å². The molecular formula is C23H41NO6. The third kappa shape index (κ3) is 17.0. The van der Waals surface area contributed by atoms with E-state index in [1.165, 1.54) is 19.3 Å². The lowest BCUT2D eigenvalue weighted by molar-refractivity contribution is -0.880. The Labute approximate surface area is 181 Å². The van der Waals surface area contributed by atoms with Crippen LogP contribution in [-0.4, -0.2) is 52.2 Å². The van der Waals surface area contributed by atoms with Crippen molar-refractivity contribution < 1.29 is 34.2 Å². The van der Waals surface area contributed by atoms with Crippen molar-refractivity contribution in [1.29, 1.82) is 0 Å². The SMILES string of the molecule is CCCCCC/C=C/[N+](CCCCC(=O)[O-])(CCCCC(=O)O)CCCCC(=O)O. The van der Waals surface area contributed by atoms with Crippen molar-refractivity contribution in [3.05, 3.63) is 12.3 Å². The van der Waals surface area contributed by atoms with Crippen molar-refractivity contribution in [3.8, 4) is 0 Å². The van der Waals surface area contributed by atoms with Gasteiger partial charge in [-0.3, -0.25) is 14.1 Å². The minimum Gasteiger partial charge on any atom is -0.550 e. The van der Waals surface area contributed by atoms with Crippen LogP contribution < -0.4 is 5.11 Å². The summed E-state index contributed by atoms with van der Waals surface area (Å²) in [5, 5.41) is 28.5. The molecule has 0 saturated carbocycles. The van der Waals surface area contributed by atoms with Crippen LogP contribution in [0.4, 0.5) is 0 Å². The molecule has 0 unspecified atom stereocenters. The van der Waals surface area contributed by atoms with E-state index >= 15 is 0 Å². The van der Waals surface area contributed by atoms with E-state index in [1.54, 1.807) is 0 Å². The third-order valence-electron chi connectivity index (χ3n) is 5.37. The second-order valence-corrected chi connectivity index (χ2v) is 8.15. The number of carboxylic acid groups (broad SMARTS) is 3. The first-order chi connectivity index (χ1) is 14.3. The summed E-state index contributed by atoms with van der Waals surface area (Å²) in [5.74, 6) is -2.63. The normalized spacial score (nSPS) is 11.8. The van der Waals surface area contributed by atoms with E-state index in [4.69, 9.17) is 10.2 Å². The van der Waals surface area contributed by atoms with Crippen molar-refractivity contribution in [2.24, 2.45) is 0 Å². The monoisotopic (exact) mass is 427 g/mol. The van der Waals surface area contributed by atoms with Gasteiger partial charge in [0.15, 0.2) is 0 Å². The molecule has 174 valence electrons. The van der Waals surface area contributed by atoms with E-state index in [9.17, 15) is 19.5 Å². The van der Waals surface area contributed by atoms with Crippen LogP contribution in [0.5, 0.6) is 0 Å². The number of quaternary nitrogens is 1. The van der Waals surface area contributed by atoms with Crippen molar-refractivity contribution in [1.82, 2.24) is 0 Å². The van der Waals surface area contributed by atoms with Crippen LogP contribution in [0.15, 0.2) is 12.3 Å². The van der Waals surface area contributed by atoms with E-state index in [1.807, 2.05) is 0 Å². The first-order valence-corrected chi connectivity index (χ1v) is 11.5. The summed E-state index contributed by atoms with van der Waals surface area (Å²) in [6, 6.07) is 0. The largest absolute Gasteiger partial charge is 0.550 e. The summed E-state index contributed by atoms with van der Waals surface area (Å²) >= 11 is 0. The molecule has 0 aliphatic carbocycles. The Morgan fingerprint density at radius 3 is 1.67 bits per heavy atom. The zero-order valence-electron chi connectivity index (χ0n) is 18.7. The Morgan fingerprint density at radius 1 is 0.733 bits per heavy atom. The number of aliphatic carboxylic acids is 3. The predicted octanol–water partition coefficient (Wildman–Crippen LogP) is 3.72. The van der Waals surface area contributed by atoms with Crippen LogP contribution in [0.2, 0.25) is 0 Å². The minimum absolute atomic E-state index is 0.0404. The number of nitrogens with zero attached hydrogens (tertiary/aromatic N) is 1. The second-order valence-electron chi connectivity index (χ2n) is 8.15. The van der Waals surface area contributed by atoms with Gasteiger partial charge >= 0.3 is 11.9 Å². The first-order valence-electron chi connectivity index (χ1n) is 11.5. The lowest BCUT2D eigenvalue weighted by Gasteiger charge is -2.35. The van der Waals surface area contributed by atoms with Crippen LogP contribution in [0, 0.1) is 0 Å². The standard InChI is InChI=1S/C23H41NO6/c1-2-3-4-5-6-10-17-24(18-11-7-14-21(25)26,19-12-8-15-22(27)28)20-13-9-16-23(29)30/h10,17H,2-9,11-16,18-20H2,1H3,(H2-,25,26,27,28,29,30)/b17-10+. The van der Waals surface area contributed by atoms with Gasteiger partial charge in [-0.1, -0.05) is 26.2 Å². The molecule has 0 aromatic rings. The Bertz CT molecular complexity index is 463. The molecule has 0 aromatic heterocycles. The van der Waals surface area contributed by atoms with Gasteiger partial charge in [0.05, 0.1) is 25.8 Å². The number of rotatable bonds is 21. The maximum absolute atomic E-state index is 10.8. The van der Waals surface area contributed by atoms with Crippen LogP contribution in [0.1, 0.15) is 96.8 Å². The summed E-state index contributed by atoms with van der Waals surface area (Å²) in [6.07, 6.45) is 14.5. The van der Waals surface area contributed by atoms with E-state index in [-0.39, 0.29) is 19.3 Å². The smallest absolute Gasteiger partial charge is 0.303 e. The van der Waals surface area contributed by atoms with Gasteiger partial charge in [-0.2, -0.15) is 0 Å². The highest BCUT2D eigenvalue weighted by atomic mass is 16.4. The fourth-order valence-corrected chi connectivity index (χ4v) is 3.65. The molecule has 2 N–H and O–H groups in total. The first kappa shape index (κ1) is 28.1. The maximum Gasteiger partial charge on any atom is 0.303 e. The fraction of sp³-hybridized carbons (Fsp3) is 0.783. The number of carboxylic acids is 3. The third-order valence-corrected chi connectivity index (χ3v) is 5.37. The number of carbonyl (C=O) groups is 3. The molecule has 0 aromatic carbocycles. The van der Waals surface area contributed by atoms with Crippen LogP contribution in [-0.2, 0) is 14.4 Å².